The van der Waals surface area contributed by atoms with E-state index in [1.54, 1.807) is 10.7 Å². The van der Waals surface area contributed by atoms with Gasteiger partial charge in [0.25, 0.3) is 0 Å². The van der Waals surface area contributed by atoms with E-state index in [1.807, 2.05) is 67.6 Å². The van der Waals surface area contributed by atoms with Crippen LogP contribution >= 0.6 is 15.9 Å². The van der Waals surface area contributed by atoms with Gasteiger partial charge in [0.15, 0.2) is 5.65 Å². The molecule has 2 heterocycles. The lowest BCUT2D eigenvalue weighted by Crippen LogP contribution is -2.16. The highest BCUT2D eigenvalue weighted by Gasteiger charge is 2.12. The van der Waals surface area contributed by atoms with E-state index in [0.29, 0.717) is 6.54 Å². The van der Waals surface area contributed by atoms with Crippen LogP contribution in [0.1, 0.15) is 6.92 Å². The van der Waals surface area contributed by atoms with Crippen molar-refractivity contribution >= 4 is 44.1 Å². The largest absolute Gasteiger partial charge is 0.340 e. The third-order valence-corrected chi connectivity index (χ3v) is 5.93. The minimum absolute atomic E-state index is 0.651. The van der Waals surface area contributed by atoms with Gasteiger partial charge in [-0.3, -0.25) is 0 Å². The Labute approximate surface area is 173 Å². The number of hydrogen-bond donors (Lipinski definition) is 2. The molecule has 1 atom stereocenters. The molecule has 28 heavy (non-hydrogen) atoms. The van der Waals surface area contributed by atoms with Crippen molar-refractivity contribution in [1.29, 1.82) is 0 Å². The monoisotopic (exact) mass is 455 g/mol. The third kappa shape index (κ3) is 3.84. The van der Waals surface area contributed by atoms with Crippen LogP contribution in [0.4, 0.5) is 11.5 Å². The Bertz CT molecular complexity index is 1130. The molecular formula is C20H18BrN5OS. The molecule has 1 unspecified atom stereocenters. The maximum absolute atomic E-state index is 12.0. The van der Waals surface area contributed by atoms with E-state index >= 15 is 0 Å². The van der Waals surface area contributed by atoms with Crippen molar-refractivity contribution < 1.29 is 4.21 Å². The number of hydrogen-bond acceptors (Lipinski definition) is 4. The summed E-state index contributed by atoms with van der Waals surface area (Å²) in [5.74, 6) is 0.787. The molecule has 8 heteroatoms. The first kappa shape index (κ1) is 18.8. The molecule has 0 fully saturated rings. The van der Waals surface area contributed by atoms with Crippen molar-refractivity contribution in [2.45, 2.75) is 11.8 Å². The van der Waals surface area contributed by atoms with E-state index in [0.717, 1.165) is 37.8 Å². The first-order valence-corrected chi connectivity index (χ1v) is 10.7. The van der Waals surface area contributed by atoms with Crippen LogP contribution in [-0.4, -0.2) is 25.4 Å². The third-order valence-electron chi connectivity index (χ3n) is 4.11. The highest BCUT2D eigenvalue weighted by Crippen LogP contribution is 2.27. The zero-order valence-electron chi connectivity index (χ0n) is 15.1. The summed E-state index contributed by atoms with van der Waals surface area (Å²) in [5, 5.41) is 7.79. The average molecular weight is 456 g/mol. The summed E-state index contributed by atoms with van der Waals surface area (Å²) in [6, 6.07) is 19.5. The quantitative estimate of drug-likeness (QED) is 0.447. The van der Waals surface area contributed by atoms with E-state index in [4.69, 9.17) is 4.98 Å². The molecule has 0 radical (unpaired) electrons. The van der Waals surface area contributed by atoms with Gasteiger partial charge in [0.2, 0.25) is 0 Å². The van der Waals surface area contributed by atoms with Crippen molar-refractivity contribution in [3.05, 3.63) is 71.3 Å². The second-order valence-corrected chi connectivity index (χ2v) is 8.19. The Morgan fingerprint density at radius 3 is 2.57 bits per heavy atom. The molecule has 2 N–H and O–H groups in total. The van der Waals surface area contributed by atoms with Crippen LogP contribution in [0.5, 0.6) is 0 Å². The minimum Gasteiger partial charge on any atom is -0.340 e. The summed E-state index contributed by atoms with van der Waals surface area (Å²) >= 11 is 3.52. The fourth-order valence-corrected chi connectivity index (χ4v) is 3.97. The second kappa shape index (κ2) is 8.22. The van der Waals surface area contributed by atoms with Crippen LogP contribution < -0.4 is 10.0 Å². The first-order chi connectivity index (χ1) is 13.7. The number of nitrogens with one attached hydrogen (secondary N) is 2. The summed E-state index contributed by atoms with van der Waals surface area (Å²) in [5.41, 5.74) is 3.48. The predicted molar refractivity (Wildman–Crippen MR) is 116 cm³/mol. The minimum atomic E-state index is -1.20. The molecule has 0 saturated carbocycles. The zero-order chi connectivity index (χ0) is 19.5. The molecule has 2 aromatic carbocycles. The van der Waals surface area contributed by atoms with Crippen LogP contribution in [0.15, 0.2) is 76.2 Å². The van der Waals surface area contributed by atoms with E-state index in [-0.39, 0.29) is 0 Å². The van der Waals surface area contributed by atoms with Crippen LogP contribution in [0.3, 0.4) is 0 Å². The van der Waals surface area contributed by atoms with Crippen LogP contribution in [-0.2, 0) is 11.0 Å². The topological polar surface area (TPSA) is 71.3 Å². The number of fused-ring (bicyclic) bond motifs is 1. The Kier molecular flexibility index (Phi) is 5.52. The van der Waals surface area contributed by atoms with E-state index in [1.165, 1.54) is 0 Å². The molecule has 0 saturated heterocycles. The Morgan fingerprint density at radius 1 is 1.11 bits per heavy atom. The predicted octanol–water partition coefficient (Wildman–Crippen LogP) is 4.53. The summed E-state index contributed by atoms with van der Waals surface area (Å²) in [7, 11) is -1.20. The summed E-state index contributed by atoms with van der Waals surface area (Å²) in [6.07, 6.45) is 1.73. The maximum atomic E-state index is 12.0. The van der Waals surface area contributed by atoms with Gasteiger partial charge < -0.3 is 5.32 Å². The molecule has 4 aromatic rings. The smallest absolute Gasteiger partial charge is 0.172 e. The van der Waals surface area contributed by atoms with Crippen LogP contribution in [0, 0.1) is 0 Å². The van der Waals surface area contributed by atoms with Gasteiger partial charge in [0.05, 0.1) is 21.3 Å². The number of rotatable bonds is 6. The van der Waals surface area contributed by atoms with Crippen molar-refractivity contribution in [2.75, 3.05) is 11.9 Å². The number of aromatic nitrogens is 3. The van der Waals surface area contributed by atoms with Gasteiger partial charge in [-0.25, -0.2) is 13.9 Å². The highest BCUT2D eigenvalue weighted by molar-refractivity contribution is 9.10. The lowest BCUT2D eigenvalue weighted by Gasteiger charge is -2.11. The number of benzene rings is 2. The molecule has 6 nitrogen and oxygen atoms in total. The highest BCUT2D eigenvalue weighted by atomic mass is 79.9. The van der Waals surface area contributed by atoms with E-state index in [9.17, 15) is 4.21 Å². The molecule has 2 aromatic heterocycles. The van der Waals surface area contributed by atoms with E-state index in [2.05, 4.69) is 31.1 Å². The van der Waals surface area contributed by atoms with Gasteiger partial charge in [-0.15, -0.1) is 0 Å². The Hall–Kier alpha value is -2.55. The lowest BCUT2D eigenvalue weighted by molar-refractivity contribution is 0.674. The normalized spacial score (nSPS) is 12.2. The van der Waals surface area contributed by atoms with Crippen LogP contribution in [0.25, 0.3) is 16.9 Å². The average Bonchev–Trinajstić information content (AvgIpc) is 3.10. The van der Waals surface area contributed by atoms with Crippen LogP contribution in [0.2, 0.25) is 0 Å². The molecule has 0 aliphatic carbocycles. The van der Waals surface area contributed by atoms with Gasteiger partial charge in [-0.05, 0) is 40.2 Å². The zero-order valence-corrected chi connectivity index (χ0v) is 17.5. The van der Waals surface area contributed by atoms with Gasteiger partial charge >= 0.3 is 0 Å². The number of anilines is 2. The van der Waals surface area contributed by atoms with Gasteiger partial charge in [0.1, 0.15) is 16.8 Å². The van der Waals surface area contributed by atoms with Crippen molar-refractivity contribution in [1.82, 2.24) is 19.3 Å². The molecule has 0 aliphatic rings. The summed E-state index contributed by atoms with van der Waals surface area (Å²) < 4.78 is 17.5. The summed E-state index contributed by atoms with van der Waals surface area (Å²) in [6.45, 7) is 2.58. The van der Waals surface area contributed by atoms with Gasteiger partial charge in [0, 0.05) is 23.9 Å². The molecule has 142 valence electrons. The fourth-order valence-electron chi connectivity index (χ4n) is 2.81. The lowest BCUT2D eigenvalue weighted by atomic mass is 10.1. The fraction of sp³-hybridized carbons (Fsp3) is 0.100. The SMILES string of the molecule is CCNS(=O)c1ccc(Nc2cc(-c3ccccc3)nc3c(Br)cnn23)cc1. The van der Waals surface area contributed by atoms with Gasteiger partial charge in [-0.2, -0.15) is 9.61 Å². The van der Waals surface area contributed by atoms with Crippen molar-refractivity contribution in [2.24, 2.45) is 0 Å². The molecule has 0 spiro atoms. The Balaban J connectivity index is 1.71. The summed E-state index contributed by atoms with van der Waals surface area (Å²) in [4.78, 5) is 5.47. The number of nitrogens with zero attached hydrogens (tertiary/aromatic N) is 3. The molecule has 0 amide bonds. The first-order valence-electron chi connectivity index (χ1n) is 8.78. The van der Waals surface area contributed by atoms with Crippen molar-refractivity contribution in [3.63, 3.8) is 0 Å². The van der Waals surface area contributed by atoms with Crippen molar-refractivity contribution in [3.8, 4) is 11.3 Å². The molecular weight excluding hydrogens is 438 g/mol. The van der Waals surface area contributed by atoms with E-state index < -0.39 is 11.0 Å². The molecule has 0 aliphatic heterocycles. The maximum Gasteiger partial charge on any atom is 0.172 e. The Morgan fingerprint density at radius 2 is 1.86 bits per heavy atom. The molecule has 0 bridgehead atoms. The number of halogens is 1. The second-order valence-electron chi connectivity index (χ2n) is 6.04. The molecule has 4 rings (SSSR count). The standard InChI is InChI=1S/C20H18BrN5OS/c1-2-23-28(27)16-10-8-15(9-11-16)24-19-12-18(14-6-4-3-5-7-14)25-20-17(21)13-22-26(19)20/h3-13,23-24H,2H2,1H3. The van der Waals surface area contributed by atoms with Gasteiger partial charge in [-0.1, -0.05) is 37.3 Å².